The maximum atomic E-state index is 13.8. The normalized spacial score (nSPS) is 22.7. The van der Waals surface area contributed by atoms with Crippen molar-refractivity contribution in [2.75, 3.05) is 0 Å². The molecule has 3 atom stereocenters. The van der Waals surface area contributed by atoms with Gasteiger partial charge in [0.1, 0.15) is 12.0 Å². The average Bonchev–Trinajstić information content (AvgIpc) is 3.49. The second-order valence-corrected chi connectivity index (χ2v) is 9.23. The molecule has 0 aliphatic carbocycles. The van der Waals surface area contributed by atoms with Crippen molar-refractivity contribution >= 4 is 22.6 Å². The van der Waals surface area contributed by atoms with E-state index in [1.807, 2.05) is 41.8 Å². The summed E-state index contributed by atoms with van der Waals surface area (Å²) >= 11 is 0. The molecular formula is C24H24F2N6O. The fourth-order valence-electron chi connectivity index (χ4n) is 5.84. The number of hydrogen-bond donors (Lipinski definition) is 0. The zero-order valence-electron chi connectivity index (χ0n) is 18.4. The third kappa shape index (κ3) is 3.05. The number of aryl methyl sites for hydroxylation is 2. The van der Waals surface area contributed by atoms with Gasteiger partial charge in [0.25, 0.3) is 18.1 Å². The molecule has 2 aliphatic rings. The zero-order valence-corrected chi connectivity index (χ0v) is 18.4. The lowest BCUT2D eigenvalue weighted by Gasteiger charge is -2.40. The lowest BCUT2D eigenvalue weighted by atomic mass is 9.86. The van der Waals surface area contributed by atoms with E-state index in [0.29, 0.717) is 11.3 Å². The highest BCUT2D eigenvalue weighted by Gasteiger charge is 2.46. The van der Waals surface area contributed by atoms with Crippen molar-refractivity contribution in [1.29, 1.82) is 0 Å². The second kappa shape index (κ2) is 7.33. The molecule has 0 N–H and O–H groups in total. The number of aromatic nitrogens is 5. The average molecular weight is 450 g/mol. The fourth-order valence-corrected chi connectivity index (χ4v) is 5.84. The Morgan fingerprint density at radius 3 is 2.79 bits per heavy atom. The van der Waals surface area contributed by atoms with Crippen LogP contribution < -0.4 is 0 Å². The molecule has 2 aliphatic heterocycles. The van der Waals surface area contributed by atoms with Crippen molar-refractivity contribution < 1.29 is 13.6 Å². The highest BCUT2D eigenvalue weighted by molar-refractivity contribution is 6.00. The number of hydrogen-bond acceptors (Lipinski definition) is 4. The van der Waals surface area contributed by atoms with Crippen molar-refractivity contribution in [3.05, 3.63) is 59.3 Å². The van der Waals surface area contributed by atoms with Crippen LogP contribution in [0.2, 0.25) is 0 Å². The maximum absolute atomic E-state index is 13.8. The van der Waals surface area contributed by atoms with E-state index >= 15 is 0 Å². The topological polar surface area (TPSA) is 68.3 Å². The molecule has 1 amide bonds. The van der Waals surface area contributed by atoms with Crippen molar-refractivity contribution in [2.45, 2.75) is 57.0 Å². The van der Waals surface area contributed by atoms with Gasteiger partial charge in [0.05, 0.1) is 5.69 Å². The molecule has 0 spiro atoms. The number of piperidine rings is 1. The molecule has 7 nitrogen and oxygen atoms in total. The summed E-state index contributed by atoms with van der Waals surface area (Å²) in [5.41, 5.74) is 3.10. The van der Waals surface area contributed by atoms with Crippen LogP contribution in [0.25, 0.3) is 16.7 Å². The Bertz CT molecular complexity index is 1390. The minimum Gasteiger partial charge on any atom is -0.351 e. The summed E-state index contributed by atoms with van der Waals surface area (Å²) in [5.74, 6) is 0.0951. The summed E-state index contributed by atoms with van der Waals surface area (Å²) in [6.07, 6.45) is 4.06. The van der Waals surface area contributed by atoms with Gasteiger partial charge in [0.15, 0.2) is 0 Å². The van der Waals surface area contributed by atoms with E-state index in [1.54, 1.807) is 4.52 Å². The van der Waals surface area contributed by atoms with Gasteiger partial charge < -0.3 is 9.47 Å². The Morgan fingerprint density at radius 1 is 1.15 bits per heavy atom. The summed E-state index contributed by atoms with van der Waals surface area (Å²) < 4.78 is 30.7. The van der Waals surface area contributed by atoms with E-state index in [-0.39, 0.29) is 35.4 Å². The number of amides is 1. The van der Waals surface area contributed by atoms with E-state index in [2.05, 4.69) is 21.1 Å². The summed E-state index contributed by atoms with van der Waals surface area (Å²) in [6, 6.07) is 7.60. The van der Waals surface area contributed by atoms with E-state index < -0.39 is 6.43 Å². The van der Waals surface area contributed by atoms with Crippen LogP contribution in [0.5, 0.6) is 0 Å². The van der Waals surface area contributed by atoms with Crippen LogP contribution in [0.1, 0.15) is 65.3 Å². The summed E-state index contributed by atoms with van der Waals surface area (Å²) in [5, 5.41) is 5.28. The van der Waals surface area contributed by atoms with Crippen LogP contribution in [0.15, 0.2) is 36.8 Å². The number of rotatable bonds is 3. The number of nitrogens with zero attached hydrogens (tertiary/aromatic N) is 6. The highest BCUT2D eigenvalue weighted by Crippen LogP contribution is 2.45. The summed E-state index contributed by atoms with van der Waals surface area (Å²) in [7, 11) is 1.99. The Morgan fingerprint density at radius 2 is 1.97 bits per heavy atom. The zero-order chi connectivity index (χ0) is 22.9. The van der Waals surface area contributed by atoms with Gasteiger partial charge in [-0.05, 0) is 62.4 Å². The van der Waals surface area contributed by atoms with Gasteiger partial charge in [-0.15, -0.1) is 0 Å². The smallest absolute Gasteiger partial charge is 0.280 e. The van der Waals surface area contributed by atoms with E-state index in [9.17, 15) is 13.6 Å². The molecule has 9 heteroatoms. The molecule has 1 aromatic carbocycles. The number of fused-ring (bicyclic) bond motifs is 4. The predicted octanol–water partition coefficient (Wildman–Crippen LogP) is 4.41. The molecule has 2 fully saturated rings. The maximum Gasteiger partial charge on any atom is 0.280 e. The lowest BCUT2D eigenvalue weighted by molar-refractivity contribution is 0.0553. The number of alkyl halides is 2. The van der Waals surface area contributed by atoms with Crippen molar-refractivity contribution in [3.8, 4) is 0 Å². The molecule has 2 bridgehead atoms. The Balaban J connectivity index is 1.41. The first-order chi connectivity index (χ1) is 15.9. The SMILES string of the molecule is Cc1cc2c(ccn2C)cc1C(=O)N1[C@H]2CC[C@H](c3cc(C(F)F)nc4ncnn34)[C@@H]1CC2. The molecule has 33 heavy (non-hydrogen) atoms. The number of benzene rings is 1. The van der Waals surface area contributed by atoms with Gasteiger partial charge in [-0.3, -0.25) is 4.79 Å². The second-order valence-electron chi connectivity index (χ2n) is 9.23. The molecule has 0 radical (unpaired) electrons. The van der Waals surface area contributed by atoms with Crippen molar-refractivity contribution in [2.24, 2.45) is 7.05 Å². The lowest BCUT2D eigenvalue weighted by Crippen LogP contribution is -2.48. The van der Waals surface area contributed by atoms with Crippen molar-refractivity contribution in [1.82, 2.24) is 29.0 Å². The fraction of sp³-hybridized carbons (Fsp3) is 0.417. The van der Waals surface area contributed by atoms with Crippen LogP contribution in [0.4, 0.5) is 8.78 Å². The van der Waals surface area contributed by atoms with Crippen LogP contribution in [-0.4, -0.2) is 47.0 Å². The van der Waals surface area contributed by atoms with Gasteiger partial charge in [0.2, 0.25) is 0 Å². The Kier molecular flexibility index (Phi) is 4.50. The van der Waals surface area contributed by atoms with Crippen molar-refractivity contribution in [3.63, 3.8) is 0 Å². The first kappa shape index (κ1) is 20.3. The third-order valence-electron chi connectivity index (χ3n) is 7.42. The third-order valence-corrected chi connectivity index (χ3v) is 7.42. The number of carbonyl (C=O) groups is 1. The van der Waals surface area contributed by atoms with Crippen LogP contribution in [0, 0.1) is 6.92 Å². The molecule has 4 aromatic rings. The minimum atomic E-state index is -2.69. The van der Waals surface area contributed by atoms with E-state index in [0.717, 1.165) is 42.1 Å². The van der Waals surface area contributed by atoms with E-state index in [4.69, 9.17) is 0 Å². The molecule has 3 aromatic heterocycles. The molecule has 170 valence electrons. The van der Waals surface area contributed by atoms with Crippen LogP contribution >= 0.6 is 0 Å². The van der Waals surface area contributed by atoms with Crippen LogP contribution in [-0.2, 0) is 7.05 Å². The molecular weight excluding hydrogens is 426 g/mol. The molecule has 6 rings (SSSR count). The minimum absolute atomic E-state index is 0.0217. The number of halogens is 2. The molecule has 0 unspecified atom stereocenters. The standard InChI is InChI=1S/C24H24F2N6O/c1-13-9-20-14(7-8-30(20)2)10-17(13)23(33)31-15-3-5-16(19(31)6-4-15)21-11-18(22(25)26)29-24-27-12-28-32(21)24/h7-12,15-16,19,22H,3-6H2,1-2H3/t15-,16-,19-/m0/s1. The van der Waals surface area contributed by atoms with Gasteiger partial charge in [-0.2, -0.15) is 10.1 Å². The van der Waals surface area contributed by atoms with Gasteiger partial charge in [-0.25, -0.2) is 18.3 Å². The van der Waals surface area contributed by atoms with E-state index in [1.165, 1.54) is 12.4 Å². The molecule has 0 saturated carbocycles. The van der Waals surface area contributed by atoms with Gasteiger partial charge >= 0.3 is 0 Å². The first-order valence-corrected chi connectivity index (χ1v) is 11.3. The summed E-state index contributed by atoms with van der Waals surface area (Å²) in [6.45, 7) is 1.97. The highest BCUT2D eigenvalue weighted by atomic mass is 19.3. The Hall–Kier alpha value is -3.36. The van der Waals surface area contributed by atoms with Crippen LogP contribution in [0.3, 0.4) is 0 Å². The first-order valence-electron chi connectivity index (χ1n) is 11.3. The number of carbonyl (C=O) groups excluding carboxylic acids is 1. The van der Waals surface area contributed by atoms with Gasteiger partial charge in [-0.1, -0.05) is 0 Å². The molecule has 2 saturated heterocycles. The largest absolute Gasteiger partial charge is 0.351 e. The molecule has 5 heterocycles. The quantitative estimate of drug-likeness (QED) is 0.464. The Labute approximate surface area is 189 Å². The summed E-state index contributed by atoms with van der Waals surface area (Å²) in [4.78, 5) is 23.9. The monoisotopic (exact) mass is 450 g/mol. The van der Waals surface area contributed by atoms with Gasteiger partial charge in [0, 0.05) is 47.7 Å². The predicted molar refractivity (Wildman–Crippen MR) is 118 cm³/mol.